The summed E-state index contributed by atoms with van der Waals surface area (Å²) < 4.78 is 12.3. The van der Waals surface area contributed by atoms with Crippen molar-refractivity contribution >= 4 is 13.0 Å². The van der Waals surface area contributed by atoms with Gasteiger partial charge < -0.3 is 4.57 Å². The Labute approximate surface area is 120 Å². The van der Waals surface area contributed by atoms with E-state index in [1.165, 1.54) is 12.5 Å². The van der Waals surface area contributed by atoms with Crippen LogP contribution in [0.5, 0.6) is 0 Å². The van der Waals surface area contributed by atoms with Gasteiger partial charge in [0.1, 0.15) is 0 Å². The average molecular weight is 298 g/mol. The van der Waals surface area contributed by atoms with Crippen LogP contribution in [0.2, 0.25) is 0 Å². The Kier molecular flexibility index (Phi) is 6.40. The van der Waals surface area contributed by atoms with Crippen molar-refractivity contribution in [3.05, 3.63) is 35.9 Å². The molecule has 112 valence electrons. The number of nitrogens with zero attached hydrogens (tertiary/aromatic N) is 1. The minimum absolute atomic E-state index is 0.0134. The maximum atomic E-state index is 12.3. The summed E-state index contributed by atoms with van der Waals surface area (Å²) in [7, 11) is -2.36. The van der Waals surface area contributed by atoms with E-state index in [9.17, 15) is 14.6 Å². The molecule has 1 aromatic rings. The van der Waals surface area contributed by atoms with Gasteiger partial charge >= 0.3 is 0 Å². The van der Waals surface area contributed by atoms with Gasteiger partial charge in [-0.05, 0) is 31.7 Å². The summed E-state index contributed by atoms with van der Waals surface area (Å²) in [6, 6.07) is 9.96. The first-order valence-electron chi connectivity index (χ1n) is 6.59. The van der Waals surface area contributed by atoms with Gasteiger partial charge in [0, 0.05) is 6.92 Å². The molecular formula is C14H23N2O3P. The van der Waals surface area contributed by atoms with Crippen LogP contribution in [-0.4, -0.2) is 42.0 Å². The first-order valence-corrected chi connectivity index (χ1v) is 9.26. The zero-order valence-electron chi connectivity index (χ0n) is 12.2. The van der Waals surface area contributed by atoms with Crippen molar-refractivity contribution in [3.63, 3.8) is 0 Å². The molecule has 20 heavy (non-hydrogen) atoms. The standard InChI is InChI=1S/C14H23N2O3P/c1-12(17)16(18)11-15-14(20(2,3)19)10-9-13-7-5-4-6-8-13/h4-8,14-15,18H,9-11H2,1-3H3. The van der Waals surface area contributed by atoms with Crippen LogP contribution in [0.4, 0.5) is 0 Å². The molecule has 0 fully saturated rings. The quantitative estimate of drug-likeness (QED) is 0.351. The van der Waals surface area contributed by atoms with E-state index in [1.54, 1.807) is 13.3 Å². The number of rotatable bonds is 7. The molecule has 0 saturated heterocycles. The second-order valence-corrected chi connectivity index (χ2v) is 8.75. The van der Waals surface area contributed by atoms with E-state index in [0.29, 0.717) is 11.5 Å². The molecule has 0 bridgehead atoms. The van der Waals surface area contributed by atoms with Crippen LogP contribution in [0.1, 0.15) is 18.9 Å². The minimum atomic E-state index is -2.36. The molecule has 0 saturated carbocycles. The third kappa shape index (κ3) is 5.87. The molecule has 1 amide bonds. The molecule has 0 aromatic heterocycles. The van der Waals surface area contributed by atoms with Crippen molar-refractivity contribution in [2.45, 2.75) is 25.5 Å². The molecule has 6 heteroatoms. The van der Waals surface area contributed by atoms with Crippen molar-refractivity contribution in [2.24, 2.45) is 0 Å². The summed E-state index contributed by atoms with van der Waals surface area (Å²) in [5.74, 6) is -0.668. The molecule has 0 spiro atoms. The Morgan fingerprint density at radius 3 is 2.45 bits per heavy atom. The highest BCUT2D eigenvalue weighted by molar-refractivity contribution is 7.63. The second kappa shape index (κ2) is 7.58. The van der Waals surface area contributed by atoms with Crippen molar-refractivity contribution < 1.29 is 14.6 Å². The molecule has 1 unspecified atom stereocenters. The molecule has 0 aliphatic heterocycles. The van der Waals surface area contributed by atoms with Crippen LogP contribution < -0.4 is 5.32 Å². The monoisotopic (exact) mass is 298 g/mol. The molecule has 1 aromatic carbocycles. The lowest BCUT2D eigenvalue weighted by Crippen LogP contribution is -2.40. The van der Waals surface area contributed by atoms with Crippen LogP contribution in [0, 0.1) is 0 Å². The Morgan fingerprint density at radius 1 is 1.35 bits per heavy atom. The molecular weight excluding hydrogens is 275 g/mol. The van der Waals surface area contributed by atoms with Crippen molar-refractivity contribution in [1.82, 2.24) is 10.4 Å². The summed E-state index contributed by atoms with van der Waals surface area (Å²) in [6.45, 7) is 4.69. The van der Waals surface area contributed by atoms with Crippen molar-refractivity contribution in [2.75, 3.05) is 20.0 Å². The number of hydrogen-bond donors (Lipinski definition) is 2. The number of hydrogen-bond acceptors (Lipinski definition) is 4. The van der Waals surface area contributed by atoms with Gasteiger partial charge in [-0.25, -0.2) is 5.06 Å². The SMILES string of the molecule is CC(=O)N(O)CNC(CCc1ccccc1)P(C)(C)=O. The third-order valence-corrected chi connectivity index (χ3v) is 5.08. The molecule has 0 aliphatic carbocycles. The lowest BCUT2D eigenvalue weighted by Gasteiger charge is -2.25. The lowest BCUT2D eigenvalue weighted by atomic mass is 10.1. The van der Waals surface area contributed by atoms with Gasteiger partial charge in [0.25, 0.3) is 0 Å². The molecule has 2 N–H and O–H groups in total. The third-order valence-electron chi connectivity index (χ3n) is 3.14. The van der Waals surface area contributed by atoms with Gasteiger partial charge in [0.05, 0.1) is 19.6 Å². The smallest absolute Gasteiger partial charge is 0.244 e. The topological polar surface area (TPSA) is 69.6 Å². The predicted molar refractivity (Wildman–Crippen MR) is 80.3 cm³/mol. The van der Waals surface area contributed by atoms with Gasteiger partial charge in [-0.3, -0.25) is 15.3 Å². The zero-order valence-corrected chi connectivity index (χ0v) is 13.1. The maximum Gasteiger partial charge on any atom is 0.244 e. The number of hydroxylamine groups is 2. The summed E-state index contributed by atoms with van der Waals surface area (Å²) in [6.07, 6.45) is 1.50. The van der Waals surface area contributed by atoms with Crippen LogP contribution in [0.15, 0.2) is 30.3 Å². The summed E-state index contributed by atoms with van der Waals surface area (Å²) in [4.78, 5) is 11.0. The van der Waals surface area contributed by atoms with E-state index >= 15 is 0 Å². The van der Waals surface area contributed by atoms with E-state index in [-0.39, 0.29) is 12.5 Å². The normalized spacial score (nSPS) is 13.0. The fraction of sp³-hybridized carbons (Fsp3) is 0.500. The lowest BCUT2D eigenvalue weighted by molar-refractivity contribution is -0.164. The van der Waals surface area contributed by atoms with Crippen LogP contribution in [0.25, 0.3) is 0 Å². The van der Waals surface area contributed by atoms with Gasteiger partial charge in [0.15, 0.2) is 0 Å². The summed E-state index contributed by atoms with van der Waals surface area (Å²) >= 11 is 0. The fourth-order valence-corrected chi connectivity index (χ4v) is 3.16. The highest BCUT2D eigenvalue weighted by Gasteiger charge is 2.23. The number of amides is 1. The highest BCUT2D eigenvalue weighted by Crippen LogP contribution is 2.42. The second-order valence-electron chi connectivity index (χ2n) is 5.26. The summed E-state index contributed by atoms with van der Waals surface area (Å²) in [5, 5.41) is 12.9. The van der Waals surface area contributed by atoms with E-state index in [4.69, 9.17) is 0 Å². The van der Waals surface area contributed by atoms with Crippen LogP contribution in [0.3, 0.4) is 0 Å². The first-order chi connectivity index (χ1) is 9.30. The van der Waals surface area contributed by atoms with Gasteiger partial charge in [-0.2, -0.15) is 0 Å². The Hall–Kier alpha value is -1.16. The van der Waals surface area contributed by atoms with E-state index in [0.717, 1.165) is 6.42 Å². The summed E-state index contributed by atoms with van der Waals surface area (Å²) in [5.41, 5.74) is 1.18. The number of nitrogens with one attached hydrogen (secondary N) is 1. The maximum absolute atomic E-state index is 12.3. The predicted octanol–water partition coefficient (Wildman–Crippen LogP) is 2.35. The number of carbonyl (C=O) groups is 1. The van der Waals surface area contributed by atoms with Crippen LogP contribution in [-0.2, 0) is 15.8 Å². The Bertz CT molecular complexity index is 473. The fourth-order valence-electron chi connectivity index (χ4n) is 1.88. The van der Waals surface area contributed by atoms with Crippen molar-refractivity contribution in [3.8, 4) is 0 Å². The minimum Gasteiger partial charge on any atom is -0.323 e. The first kappa shape index (κ1) is 16.9. The Morgan fingerprint density at radius 2 is 1.95 bits per heavy atom. The highest BCUT2D eigenvalue weighted by atomic mass is 31.2. The zero-order chi connectivity index (χ0) is 15.2. The van der Waals surface area contributed by atoms with E-state index < -0.39 is 13.0 Å². The molecule has 0 aliphatic rings. The number of carbonyl (C=O) groups excluding carboxylic acids is 1. The van der Waals surface area contributed by atoms with E-state index in [1.807, 2.05) is 30.3 Å². The molecule has 1 atom stereocenters. The van der Waals surface area contributed by atoms with Crippen molar-refractivity contribution in [1.29, 1.82) is 0 Å². The molecule has 0 heterocycles. The van der Waals surface area contributed by atoms with E-state index in [2.05, 4.69) is 5.32 Å². The Balaban J connectivity index is 2.57. The largest absolute Gasteiger partial charge is 0.323 e. The molecule has 0 radical (unpaired) electrons. The van der Waals surface area contributed by atoms with Gasteiger partial charge in [-0.1, -0.05) is 30.3 Å². The molecule has 1 rings (SSSR count). The number of benzene rings is 1. The van der Waals surface area contributed by atoms with Gasteiger partial charge in [0.2, 0.25) is 5.91 Å². The van der Waals surface area contributed by atoms with Gasteiger partial charge in [-0.15, -0.1) is 0 Å². The number of aryl methyl sites for hydroxylation is 1. The molecule has 5 nitrogen and oxygen atoms in total. The average Bonchev–Trinajstić information content (AvgIpc) is 2.37. The van der Waals surface area contributed by atoms with Crippen LogP contribution >= 0.6 is 7.14 Å².